The molecule has 10 unspecified atom stereocenters. The van der Waals surface area contributed by atoms with Crippen molar-refractivity contribution in [2.45, 2.75) is 108 Å². The van der Waals surface area contributed by atoms with Gasteiger partial charge in [-0.25, -0.2) is 4.79 Å². The summed E-state index contributed by atoms with van der Waals surface area (Å²) < 4.78 is 19.5. The second kappa shape index (κ2) is 11.1. The van der Waals surface area contributed by atoms with E-state index < -0.39 is 11.2 Å². The first-order valence-electron chi connectivity index (χ1n) is 15.9. The highest BCUT2D eigenvalue weighted by atomic mass is 16.6. The number of carbonyl (C=O) groups excluding carboxylic acids is 3. The summed E-state index contributed by atoms with van der Waals surface area (Å²) in [6, 6.07) is 0. The van der Waals surface area contributed by atoms with Crippen LogP contribution in [0, 0.1) is 29.6 Å². The van der Waals surface area contributed by atoms with Crippen LogP contribution in [0.3, 0.4) is 0 Å². The minimum atomic E-state index is -0.885. The molecule has 6 aliphatic rings. The van der Waals surface area contributed by atoms with Crippen LogP contribution < -0.4 is 11.1 Å². The maximum absolute atomic E-state index is 13.3. The monoisotopic (exact) mass is 570 g/mol. The lowest BCUT2D eigenvalue weighted by Crippen LogP contribution is -2.96. The first kappa shape index (κ1) is 28.9. The molecule has 0 bridgehead atoms. The van der Waals surface area contributed by atoms with Gasteiger partial charge in [-0.15, -0.1) is 0 Å². The first-order valence-corrected chi connectivity index (χ1v) is 15.9. The Kier molecular flexibility index (Phi) is 7.83. The van der Waals surface area contributed by atoms with Crippen LogP contribution in [0.15, 0.2) is 23.8 Å². The molecule has 5 fully saturated rings. The number of carbonyl (C=O) groups is 3. The molecule has 9 heteroatoms. The fourth-order valence-corrected chi connectivity index (χ4v) is 8.77. The van der Waals surface area contributed by atoms with Crippen molar-refractivity contribution in [3.8, 4) is 0 Å². The number of hydrogen-bond acceptors (Lipinski definition) is 7. The van der Waals surface area contributed by atoms with Crippen LogP contribution in [0.25, 0.3) is 0 Å². The molecular weight excluding hydrogens is 522 g/mol. The molecule has 9 nitrogen and oxygen atoms in total. The lowest BCUT2D eigenvalue weighted by Gasteiger charge is -2.54. The van der Waals surface area contributed by atoms with Crippen molar-refractivity contribution in [3.63, 3.8) is 0 Å². The van der Waals surface area contributed by atoms with Crippen LogP contribution >= 0.6 is 0 Å². The fraction of sp³-hybridized carbons (Fsp3) is 0.781. The molecule has 0 aromatic rings. The molecular formula is C32H48N3O6+. The summed E-state index contributed by atoms with van der Waals surface area (Å²) in [5, 5.41) is 2.17. The van der Waals surface area contributed by atoms with Crippen molar-refractivity contribution in [3.05, 3.63) is 23.8 Å². The van der Waals surface area contributed by atoms with Gasteiger partial charge < -0.3 is 24.4 Å². The Balaban J connectivity index is 1.35. The van der Waals surface area contributed by atoms with Crippen molar-refractivity contribution in [1.82, 2.24) is 4.90 Å². The lowest BCUT2D eigenvalue weighted by molar-refractivity contribution is -0.706. The molecule has 4 saturated heterocycles. The predicted molar refractivity (Wildman–Crippen MR) is 151 cm³/mol. The predicted octanol–water partition coefficient (Wildman–Crippen LogP) is 2.20. The highest BCUT2D eigenvalue weighted by molar-refractivity contribution is 5.88. The quantitative estimate of drug-likeness (QED) is 0.295. The van der Waals surface area contributed by atoms with E-state index in [9.17, 15) is 14.4 Å². The number of likely N-dealkylation sites (tertiary alicyclic amines) is 1. The third-order valence-corrected chi connectivity index (χ3v) is 11.4. The van der Waals surface area contributed by atoms with E-state index in [0.29, 0.717) is 43.1 Å². The summed E-state index contributed by atoms with van der Waals surface area (Å²) >= 11 is 0. The SMILES string of the molecule is CC=C(C)C(=O)OC1(C)CC=CC(C2CC(N)[NH2+]CC2CC(=O)N2CCC2)C12CC1CC3CCC(=O)OC3CC1O2. The Morgan fingerprint density at radius 2 is 2.02 bits per heavy atom. The molecule has 4 aliphatic heterocycles. The molecule has 6 rings (SSSR count). The topological polar surface area (TPSA) is 125 Å². The summed E-state index contributed by atoms with van der Waals surface area (Å²) in [5.41, 5.74) is 5.51. The van der Waals surface area contributed by atoms with Crippen LogP contribution in [0.5, 0.6) is 0 Å². The second-order valence-corrected chi connectivity index (χ2v) is 13.8. The largest absolute Gasteiger partial charge is 0.462 e. The van der Waals surface area contributed by atoms with Crippen LogP contribution in [-0.2, 0) is 28.6 Å². The maximum atomic E-state index is 13.3. The molecule has 2 aliphatic carbocycles. The summed E-state index contributed by atoms with van der Waals surface area (Å²) in [6.07, 6.45) is 12.7. The van der Waals surface area contributed by atoms with Gasteiger partial charge in [-0.3, -0.25) is 15.3 Å². The van der Waals surface area contributed by atoms with E-state index >= 15 is 0 Å². The van der Waals surface area contributed by atoms with Crippen molar-refractivity contribution >= 4 is 17.8 Å². The van der Waals surface area contributed by atoms with Gasteiger partial charge in [0.25, 0.3) is 0 Å². The zero-order chi connectivity index (χ0) is 28.9. The van der Waals surface area contributed by atoms with Gasteiger partial charge in [0.15, 0.2) is 0 Å². The number of nitrogens with two attached hydrogens (primary N) is 2. The van der Waals surface area contributed by atoms with Crippen LogP contribution in [0.4, 0.5) is 0 Å². The van der Waals surface area contributed by atoms with Crippen molar-refractivity contribution in [2.24, 2.45) is 35.3 Å². The molecule has 10 atom stereocenters. The normalized spacial score (nSPS) is 44.0. The van der Waals surface area contributed by atoms with Crippen LogP contribution in [-0.4, -0.2) is 72.0 Å². The Labute approximate surface area is 243 Å². The number of allylic oxidation sites excluding steroid dienone is 1. The molecule has 0 aromatic heterocycles. The summed E-state index contributed by atoms with van der Waals surface area (Å²) in [6.45, 7) is 8.18. The van der Waals surface area contributed by atoms with E-state index in [1.54, 1.807) is 13.0 Å². The van der Waals surface area contributed by atoms with Crippen molar-refractivity contribution in [2.75, 3.05) is 19.6 Å². The second-order valence-electron chi connectivity index (χ2n) is 13.8. The molecule has 1 saturated carbocycles. The van der Waals surface area contributed by atoms with E-state index in [1.165, 1.54) is 0 Å². The third-order valence-electron chi connectivity index (χ3n) is 11.4. The van der Waals surface area contributed by atoms with E-state index in [2.05, 4.69) is 17.5 Å². The van der Waals surface area contributed by atoms with E-state index in [0.717, 1.165) is 51.7 Å². The molecule has 4 N–H and O–H groups in total. The van der Waals surface area contributed by atoms with Gasteiger partial charge in [0.05, 0.1) is 12.6 Å². The molecule has 41 heavy (non-hydrogen) atoms. The van der Waals surface area contributed by atoms with Crippen LogP contribution in [0.1, 0.15) is 78.6 Å². The van der Waals surface area contributed by atoms with Gasteiger partial charge in [-0.1, -0.05) is 18.2 Å². The zero-order valence-electron chi connectivity index (χ0n) is 24.9. The Bertz CT molecular complexity index is 1120. The smallest absolute Gasteiger partial charge is 0.334 e. The third kappa shape index (κ3) is 5.16. The van der Waals surface area contributed by atoms with Gasteiger partial charge in [-0.2, -0.15) is 0 Å². The zero-order valence-corrected chi connectivity index (χ0v) is 24.9. The van der Waals surface area contributed by atoms with E-state index in [1.807, 2.05) is 18.7 Å². The molecule has 4 heterocycles. The minimum absolute atomic E-state index is 0.0484. The Morgan fingerprint density at radius 1 is 1.22 bits per heavy atom. The molecule has 1 spiro atoms. The summed E-state index contributed by atoms with van der Waals surface area (Å²) in [7, 11) is 0. The van der Waals surface area contributed by atoms with Gasteiger partial charge in [0.2, 0.25) is 5.91 Å². The molecule has 0 radical (unpaired) electrons. The highest BCUT2D eigenvalue weighted by Crippen LogP contribution is 2.59. The van der Waals surface area contributed by atoms with E-state index in [-0.39, 0.29) is 54.0 Å². The number of hydrogen-bond donors (Lipinski definition) is 2. The summed E-state index contributed by atoms with van der Waals surface area (Å²) in [4.78, 5) is 40.6. The average Bonchev–Trinajstić information content (AvgIpc) is 3.28. The number of fused-ring (bicyclic) bond motifs is 2. The number of esters is 2. The number of ether oxygens (including phenoxy) is 3. The number of nitrogens with zero attached hydrogens (tertiary/aromatic N) is 1. The highest BCUT2D eigenvalue weighted by Gasteiger charge is 2.66. The van der Waals surface area contributed by atoms with Crippen molar-refractivity contribution in [1.29, 1.82) is 0 Å². The number of rotatable bonds is 5. The van der Waals surface area contributed by atoms with Gasteiger partial charge in [-0.05, 0) is 64.2 Å². The maximum Gasteiger partial charge on any atom is 0.334 e. The molecule has 0 aromatic carbocycles. The van der Waals surface area contributed by atoms with E-state index in [4.69, 9.17) is 19.9 Å². The fourth-order valence-electron chi connectivity index (χ4n) is 8.77. The summed E-state index contributed by atoms with van der Waals surface area (Å²) in [5.74, 6) is 0.674. The molecule has 1 amide bonds. The standard InChI is InChI=1S/C32H47N3O6/c1-4-19(2)30(38)41-31(3)10-5-7-24(23-15-27(33)34-18-22(23)14-28(36)35-11-6-12-35)32(31)17-21-13-20-8-9-29(37)39-25(20)16-26(21)40-32/h4-5,7,20-27,34H,6,8-18,33H2,1-3H3/p+1. The Hall–Kier alpha value is -2.23. The lowest BCUT2D eigenvalue weighted by atomic mass is 9.58. The molecule has 226 valence electrons. The van der Waals surface area contributed by atoms with Crippen molar-refractivity contribution < 1.29 is 33.9 Å². The number of amides is 1. The average molecular weight is 571 g/mol. The van der Waals surface area contributed by atoms with Gasteiger partial charge >= 0.3 is 11.9 Å². The Morgan fingerprint density at radius 3 is 2.76 bits per heavy atom. The van der Waals surface area contributed by atoms with Crippen LogP contribution in [0.2, 0.25) is 0 Å². The van der Waals surface area contributed by atoms with Gasteiger partial charge in [0.1, 0.15) is 23.5 Å². The van der Waals surface area contributed by atoms with Gasteiger partial charge in [0, 0.05) is 62.6 Å². The number of piperidine rings is 1. The minimum Gasteiger partial charge on any atom is -0.462 e. The first-order chi connectivity index (χ1) is 19.6. The number of quaternary nitrogens is 1.